The second kappa shape index (κ2) is 10.4. The number of aromatic nitrogens is 2. The smallest absolute Gasteiger partial charge is 0.258 e. The van der Waals surface area contributed by atoms with Gasteiger partial charge in [-0.25, -0.2) is 14.4 Å². The van der Waals surface area contributed by atoms with Crippen LogP contribution < -0.4 is 19.1 Å². The number of aryl methyl sites for hydroxylation is 1. The molecular formula is C25H26ClFN4O4. The summed E-state index contributed by atoms with van der Waals surface area (Å²) in [6.07, 6.45) is 1.68. The number of amides is 1. The lowest BCUT2D eigenvalue weighted by molar-refractivity contribution is 0.0741. The third-order valence-corrected chi connectivity index (χ3v) is 6.27. The molecule has 0 saturated carbocycles. The first kappa shape index (κ1) is 24.5. The Labute approximate surface area is 208 Å². The molecule has 4 rings (SSSR count). The SMILES string of the molecule is COc1cc(-c2ccnc(N3CCN(C(=O)c4c(Cl)ccc(C)c4F)CC3)n2)cc(OC)c1OC. The van der Waals surface area contributed by atoms with Crippen LogP contribution in [0, 0.1) is 12.7 Å². The first-order chi connectivity index (χ1) is 16.9. The van der Waals surface area contributed by atoms with Crippen molar-refractivity contribution < 1.29 is 23.4 Å². The number of halogens is 2. The Bertz CT molecular complexity index is 1220. The number of hydrogen-bond donors (Lipinski definition) is 0. The maximum atomic E-state index is 14.6. The third-order valence-electron chi connectivity index (χ3n) is 5.95. The van der Waals surface area contributed by atoms with Gasteiger partial charge in [-0.05, 0) is 36.8 Å². The molecule has 0 radical (unpaired) electrons. The molecule has 0 aliphatic carbocycles. The van der Waals surface area contributed by atoms with E-state index in [1.165, 1.54) is 0 Å². The fourth-order valence-electron chi connectivity index (χ4n) is 4.01. The molecule has 1 amide bonds. The summed E-state index contributed by atoms with van der Waals surface area (Å²) in [5, 5.41) is 0.113. The zero-order valence-electron chi connectivity index (χ0n) is 20.0. The molecule has 1 fully saturated rings. The number of rotatable bonds is 6. The van der Waals surface area contributed by atoms with Crippen LogP contribution in [0.2, 0.25) is 5.02 Å². The van der Waals surface area contributed by atoms with Gasteiger partial charge >= 0.3 is 0 Å². The average Bonchev–Trinajstić information content (AvgIpc) is 2.90. The molecule has 35 heavy (non-hydrogen) atoms. The molecule has 1 aliphatic rings. The van der Waals surface area contributed by atoms with E-state index in [2.05, 4.69) is 4.98 Å². The molecule has 10 heteroatoms. The van der Waals surface area contributed by atoms with Crippen LogP contribution in [0.25, 0.3) is 11.3 Å². The van der Waals surface area contributed by atoms with E-state index < -0.39 is 11.7 Å². The van der Waals surface area contributed by atoms with Crippen LogP contribution in [-0.2, 0) is 0 Å². The highest BCUT2D eigenvalue weighted by atomic mass is 35.5. The Kier molecular flexibility index (Phi) is 7.25. The standard InChI is InChI=1S/C25H26ClFN4O4/c1-15-5-6-17(26)21(22(15)27)24(32)30-9-11-31(12-10-30)25-28-8-7-18(29-25)16-13-19(33-2)23(35-4)20(14-16)34-3/h5-8,13-14H,9-12H2,1-4H3. The average molecular weight is 501 g/mol. The number of carbonyl (C=O) groups excluding carboxylic acids is 1. The zero-order valence-corrected chi connectivity index (χ0v) is 20.7. The van der Waals surface area contributed by atoms with Crippen molar-refractivity contribution in [1.82, 2.24) is 14.9 Å². The number of anilines is 1. The van der Waals surface area contributed by atoms with Gasteiger partial charge in [-0.15, -0.1) is 0 Å². The van der Waals surface area contributed by atoms with Gasteiger partial charge in [-0.3, -0.25) is 4.79 Å². The van der Waals surface area contributed by atoms with Crippen molar-refractivity contribution in [3.05, 3.63) is 58.5 Å². The minimum Gasteiger partial charge on any atom is -0.493 e. The molecular weight excluding hydrogens is 475 g/mol. The van der Waals surface area contributed by atoms with Crippen LogP contribution in [0.4, 0.5) is 10.3 Å². The Balaban J connectivity index is 1.53. The summed E-state index contributed by atoms with van der Waals surface area (Å²) in [6, 6.07) is 8.55. The lowest BCUT2D eigenvalue weighted by Crippen LogP contribution is -2.49. The monoisotopic (exact) mass is 500 g/mol. The van der Waals surface area contributed by atoms with Gasteiger partial charge in [-0.1, -0.05) is 17.7 Å². The van der Waals surface area contributed by atoms with E-state index in [0.29, 0.717) is 60.6 Å². The van der Waals surface area contributed by atoms with E-state index in [4.69, 9.17) is 30.8 Å². The van der Waals surface area contributed by atoms with E-state index in [-0.39, 0.29) is 10.6 Å². The maximum Gasteiger partial charge on any atom is 0.258 e. The second-order valence-electron chi connectivity index (χ2n) is 7.99. The van der Waals surface area contributed by atoms with Gasteiger partial charge in [0, 0.05) is 37.9 Å². The maximum absolute atomic E-state index is 14.6. The van der Waals surface area contributed by atoms with Gasteiger partial charge in [0.25, 0.3) is 5.91 Å². The number of carbonyl (C=O) groups is 1. The minimum absolute atomic E-state index is 0.0826. The van der Waals surface area contributed by atoms with Gasteiger partial charge in [0.1, 0.15) is 5.82 Å². The Morgan fingerprint density at radius 3 is 2.26 bits per heavy atom. The van der Waals surface area contributed by atoms with Crippen molar-refractivity contribution in [2.24, 2.45) is 0 Å². The molecule has 0 spiro atoms. The summed E-state index contributed by atoms with van der Waals surface area (Å²) in [5.74, 6) is 1.09. The fraction of sp³-hybridized carbons (Fsp3) is 0.320. The molecule has 8 nitrogen and oxygen atoms in total. The summed E-state index contributed by atoms with van der Waals surface area (Å²) in [6.45, 7) is 3.38. The minimum atomic E-state index is -0.577. The van der Waals surface area contributed by atoms with Crippen LogP contribution in [0.15, 0.2) is 36.5 Å². The molecule has 2 heterocycles. The lowest BCUT2D eigenvalue weighted by atomic mass is 10.1. The molecule has 0 bridgehead atoms. The molecule has 184 valence electrons. The topological polar surface area (TPSA) is 77.0 Å². The van der Waals surface area contributed by atoms with Gasteiger partial charge < -0.3 is 24.0 Å². The Morgan fingerprint density at radius 2 is 1.66 bits per heavy atom. The molecule has 1 aromatic heterocycles. The van der Waals surface area contributed by atoms with Gasteiger partial charge in [0.15, 0.2) is 11.5 Å². The summed E-state index contributed by atoms with van der Waals surface area (Å²) < 4.78 is 30.9. The first-order valence-corrected chi connectivity index (χ1v) is 11.4. The fourth-order valence-corrected chi connectivity index (χ4v) is 4.24. The Morgan fingerprint density at radius 1 is 1.00 bits per heavy atom. The van der Waals surface area contributed by atoms with Crippen LogP contribution in [-0.4, -0.2) is 68.3 Å². The van der Waals surface area contributed by atoms with Crippen molar-refractivity contribution >= 4 is 23.5 Å². The molecule has 0 unspecified atom stereocenters. The highest BCUT2D eigenvalue weighted by Gasteiger charge is 2.27. The van der Waals surface area contributed by atoms with Gasteiger partial charge in [-0.2, -0.15) is 0 Å². The van der Waals surface area contributed by atoms with Crippen molar-refractivity contribution in [3.8, 4) is 28.5 Å². The molecule has 0 N–H and O–H groups in total. The summed E-state index contributed by atoms with van der Waals surface area (Å²) in [5.41, 5.74) is 1.76. The third kappa shape index (κ3) is 4.81. The highest BCUT2D eigenvalue weighted by Crippen LogP contribution is 2.41. The molecule has 3 aromatic rings. The van der Waals surface area contributed by atoms with Crippen LogP contribution in [0.5, 0.6) is 17.2 Å². The predicted octanol–water partition coefficient (Wildman–Crippen LogP) is 4.23. The van der Waals surface area contributed by atoms with Gasteiger partial charge in [0.2, 0.25) is 11.7 Å². The quantitative estimate of drug-likeness (QED) is 0.501. The van der Waals surface area contributed by atoms with Crippen molar-refractivity contribution in [3.63, 3.8) is 0 Å². The van der Waals surface area contributed by atoms with E-state index in [0.717, 1.165) is 5.56 Å². The van der Waals surface area contributed by atoms with Crippen molar-refractivity contribution in [2.75, 3.05) is 52.4 Å². The van der Waals surface area contributed by atoms with Gasteiger partial charge in [0.05, 0.1) is 37.6 Å². The predicted molar refractivity (Wildman–Crippen MR) is 131 cm³/mol. The molecule has 0 atom stereocenters. The van der Waals surface area contributed by atoms with E-state index in [9.17, 15) is 9.18 Å². The summed E-state index contributed by atoms with van der Waals surface area (Å²) in [4.78, 5) is 25.7. The van der Waals surface area contributed by atoms with E-state index in [1.54, 1.807) is 57.5 Å². The lowest BCUT2D eigenvalue weighted by Gasteiger charge is -2.35. The summed E-state index contributed by atoms with van der Waals surface area (Å²) >= 11 is 6.13. The molecule has 1 saturated heterocycles. The number of ether oxygens (including phenoxy) is 3. The summed E-state index contributed by atoms with van der Waals surface area (Å²) in [7, 11) is 4.67. The van der Waals surface area contributed by atoms with E-state index in [1.807, 2.05) is 17.0 Å². The number of methoxy groups -OCH3 is 3. The van der Waals surface area contributed by atoms with Crippen molar-refractivity contribution in [2.45, 2.75) is 6.92 Å². The highest BCUT2D eigenvalue weighted by molar-refractivity contribution is 6.33. The first-order valence-electron chi connectivity index (χ1n) is 11.0. The van der Waals surface area contributed by atoms with Crippen LogP contribution in [0.1, 0.15) is 15.9 Å². The van der Waals surface area contributed by atoms with Crippen LogP contribution >= 0.6 is 11.6 Å². The normalized spacial score (nSPS) is 13.5. The molecule has 2 aromatic carbocycles. The van der Waals surface area contributed by atoms with E-state index >= 15 is 0 Å². The Hall–Kier alpha value is -3.59. The number of benzene rings is 2. The zero-order chi connectivity index (χ0) is 25.1. The number of hydrogen-bond acceptors (Lipinski definition) is 7. The second-order valence-corrected chi connectivity index (χ2v) is 8.40. The molecule has 1 aliphatic heterocycles. The van der Waals surface area contributed by atoms with Crippen LogP contribution in [0.3, 0.4) is 0 Å². The largest absolute Gasteiger partial charge is 0.493 e. The number of nitrogens with zero attached hydrogens (tertiary/aromatic N) is 4. The van der Waals surface area contributed by atoms with Crippen molar-refractivity contribution in [1.29, 1.82) is 0 Å². The number of piperazine rings is 1.